The second-order valence-corrected chi connectivity index (χ2v) is 9.22. The zero-order valence-corrected chi connectivity index (χ0v) is 17.1. The van der Waals surface area contributed by atoms with Crippen molar-refractivity contribution in [1.82, 2.24) is 5.32 Å². The summed E-state index contributed by atoms with van der Waals surface area (Å²) in [6.45, 7) is 1.45. The van der Waals surface area contributed by atoms with Gasteiger partial charge in [0.1, 0.15) is 5.75 Å². The van der Waals surface area contributed by atoms with E-state index in [0.29, 0.717) is 6.42 Å². The van der Waals surface area contributed by atoms with Gasteiger partial charge in [0.2, 0.25) is 0 Å². The van der Waals surface area contributed by atoms with Gasteiger partial charge in [-0.25, -0.2) is 13.2 Å². The highest BCUT2D eigenvalue weighted by molar-refractivity contribution is 7.91. The zero-order valence-electron chi connectivity index (χ0n) is 16.3. The molecule has 7 nitrogen and oxygen atoms in total. The van der Waals surface area contributed by atoms with Crippen molar-refractivity contribution in [2.24, 2.45) is 0 Å². The van der Waals surface area contributed by atoms with E-state index in [2.05, 4.69) is 5.32 Å². The molecule has 2 aromatic rings. The SMILES string of the molecule is COc1ccc2cc(/C=C/C(=O)O[C@@H](C)C(=O)N[C@@H]3CCS(=O)(=O)C3)ccc2c1. The Kier molecular flexibility index (Phi) is 6.22. The Morgan fingerprint density at radius 2 is 1.90 bits per heavy atom. The summed E-state index contributed by atoms with van der Waals surface area (Å²) < 4.78 is 33.2. The van der Waals surface area contributed by atoms with Gasteiger partial charge in [0, 0.05) is 12.1 Å². The van der Waals surface area contributed by atoms with Crippen molar-refractivity contribution in [1.29, 1.82) is 0 Å². The minimum Gasteiger partial charge on any atom is -0.497 e. The molecule has 0 bridgehead atoms. The highest BCUT2D eigenvalue weighted by atomic mass is 32.2. The van der Waals surface area contributed by atoms with Crippen molar-refractivity contribution >= 4 is 38.6 Å². The molecule has 0 spiro atoms. The molecule has 29 heavy (non-hydrogen) atoms. The van der Waals surface area contributed by atoms with Crippen LogP contribution in [-0.2, 0) is 24.2 Å². The number of amides is 1. The van der Waals surface area contributed by atoms with E-state index < -0.39 is 33.9 Å². The molecule has 3 rings (SSSR count). The maximum Gasteiger partial charge on any atom is 0.331 e. The summed E-state index contributed by atoms with van der Waals surface area (Å²) in [4.78, 5) is 24.1. The second kappa shape index (κ2) is 8.65. The van der Waals surface area contributed by atoms with Crippen LogP contribution in [0.1, 0.15) is 18.9 Å². The van der Waals surface area contributed by atoms with Gasteiger partial charge in [-0.15, -0.1) is 0 Å². The van der Waals surface area contributed by atoms with Gasteiger partial charge >= 0.3 is 5.97 Å². The van der Waals surface area contributed by atoms with Crippen LogP contribution >= 0.6 is 0 Å². The Labute approximate surface area is 169 Å². The molecular weight excluding hydrogens is 394 g/mol. The molecule has 1 heterocycles. The van der Waals surface area contributed by atoms with E-state index >= 15 is 0 Å². The molecule has 0 radical (unpaired) electrons. The smallest absolute Gasteiger partial charge is 0.331 e. The standard InChI is InChI=1S/C21H23NO6S/c1-14(21(24)22-18-9-10-29(25,26)13-18)28-20(23)8-4-15-3-5-17-12-19(27-2)7-6-16(17)11-15/h3-8,11-12,14,18H,9-10,13H2,1-2H3,(H,22,24)/b8-4+/t14-,18+/m0/s1. The number of sulfone groups is 1. The third-order valence-corrected chi connectivity index (χ3v) is 6.49. The molecule has 1 amide bonds. The number of fused-ring (bicyclic) bond motifs is 1. The number of hydrogen-bond acceptors (Lipinski definition) is 6. The number of carbonyl (C=O) groups is 2. The van der Waals surface area contributed by atoms with E-state index in [1.807, 2.05) is 36.4 Å². The molecule has 1 aliphatic heterocycles. The van der Waals surface area contributed by atoms with Crippen LogP contribution in [0, 0.1) is 0 Å². The van der Waals surface area contributed by atoms with Gasteiger partial charge in [-0.2, -0.15) is 0 Å². The van der Waals surface area contributed by atoms with Crippen molar-refractivity contribution in [3.05, 3.63) is 48.0 Å². The van der Waals surface area contributed by atoms with Crippen LogP contribution in [0.2, 0.25) is 0 Å². The van der Waals surface area contributed by atoms with Gasteiger partial charge in [-0.05, 0) is 54.0 Å². The van der Waals surface area contributed by atoms with E-state index in [-0.39, 0.29) is 11.5 Å². The van der Waals surface area contributed by atoms with Crippen LogP contribution in [0.15, 0.2) is 42.5 Å². The number of methoxy groups -OCH3 is 1. The lowest BCUT2D eigenvalue weighted by molar-refractivity contribution is -0.150. The Morgan fingerprint density at radius 3 is 2.59 bits per heavy atom. The van der Waals surface area contributed by atoms with Gasteiger partial charge in [-0.1, -0.05) is 18.2 Å². The Morgan fingerprint density at radius 1 is 1.17 bits per heavy atom. The molecule has 0 aliphatic carbocycles. The number of rotatable bonds is 6. The maximum absolute atomic E-state index is 12.1. The van der Waals surface area contributed by atoms with Crippen LogP contribution in [0.25, 0.3) is 16.8 Å². The van der Waals surface area contributed by atoms with E-state index in [0.717, 1.165) is 22.1 Å². The molecule has 1 saturated heterocycles. The Balaban J connectivity index is 1.56. The van der Waals surface area contributed by atoms with Gasteiger partial charge < -0.3 is 14.8 Å². The third kappa shape index (κ3) is 5.57. The quantitative estimate of drug-likeness (QED) is 0.571. The number of hydrogen-bond donors (Lipinski definition) is 1. The first kappa shape index (κ1) is 20.9. The molecule has 1 fully saturated rings. The fraction of sp³-hybridized carbons (Fsp3) is 0.333. The van der Waals surface area contributed by atoms with Crippen molar-refractivity contribution in [3.8, 4) is 5.75 Å². The monoisotopic (exact) mass is 417 g/mol. The first-order chi connectivity index (χ1) is 13.8. The van der Waals surface area contributed by atoms with E-state index in [4.69, 9.17) is 9.47 Å². The molecule has 0 saturated carbocycles. The highest BCUT2D eigenvalue weighted by Gasteiger charge is 2.30. The van der Waals surface area contributed by atoms with E-state index in [1.54, 1.807) is 13.2 Å². The number of nitrogens with one attached hydrogen (secondary N) is 1. The summed E-state index contributed by atoms with van der Waals surface area (Å²) in [5.41, 5.74) is 0.813. The number of ether oxygens (including phenoxy) is 2. The fourth-order valence-corrected chi connectivity index (χ4v) is 4.80. The average molecular weight is 417 g/mol. The third-order valence-electron chi connectivity index (χ3n) is 4.72. The fourth-order valence-electron chi connectivity index (χ4n) is 3.13. The lowest BCUT2D eigenvalue weighted by Gasteiger charge is -2.15. The Hall–Kier alpha value is -2.87. The molecule has 0 unspecified atom stereocenters. The van der Waals surface area contributed by atoms with Crippen molar-refractivity contribution in [3.63, 3.8) is 0 Å². The van der Waals surface area contributed by atoms with E-state index in [1.165, 1.54) is 13.0 Å². The van der Waals surface area contributed by atoms with Gasteiger partial charge in [0.05, 0.1) is 18.6 Å². The first-order valence-electron chi connectivity index (χ1n) is 9.23. The predicted octanol–water partition coefficient (Wildman–Crippen LogP) is 2.10. The molecule has 154 valence electrons. The lowest BCUT2D eigenvalue weighted by atomic mass is 10.1. The average Bonchev–Trinajstić information content (AvgIpc) is 3.03. The molecule has 1 aliphatic rings. The lowest BCUT2D eigenvalue weighted by Crippen LogP contribution is -2.42. The van der Waals surface area contributed by atoms with Crippen LogP contribution in [0.5, 0.6) is 5.75 Å². The van der Waals surface area contributed by atoms with Crippen LogP contribution in [0.3, 0.4) is 0 Å². The van der Waals surface area contributed by atoms with Crippen LogP contribution in [0.4, 0.5) is 0 Å². The first-order valence-corrected chi connectivity index (χ1v) is 11.1. The van der Waals surface area contributed by atoms with Gasteiger partial charge in [0.25, 0.3) is 5.91 Å². The molecule has 0 aromatic heterocycles. The molecule has 2 atom stereocenters. The summed E-state index contributed by atoms with van der Waals surface area (Å²) in [5.74, 6) is -0.401. The molecule has 8 heteroatoms. The van der Waals surface area contributed by atoms with E-state index in [9.17, 15) is 18.0 Å². The van der Waals surface area contributed by atoms with Gasteiger partial charge in [0.15, 0.2) is 15.9 Å². The summed E-state index contributed by atoms with van der Waals surface area (Å²) in [6, 6.07) is 11.0. The van der Waals surface area contributed by atoms with Gasteiger partial charge in [-0.3, -0.25) is 4.79 Å². The predicted molar refractivity (Wildman–Crippen MR) is 110 cm³/mol. The normalized spacial score (nSPS) is 19.2. The molecule has 1 N–H and O–H groups in total. The van der Waals surface area contributed by atoms with Crippen molar-refractivity contribution in [2.75, 3.05) is 18.6 Å². The van der Waals surface area contributed by atoms with Crippen LogP contribution in [-0.4, -0.2) is 51.1 Å². The number of benzene rings is 2. The minimum absolute atomic E-state index is 0.0629. The zero-order chi connectivity index (χ0) is 21.0. The second-order valence-electron chi connectivity index (χ2n) is 6.99. The van der Waals surface area contributed by atoms with Crippen LogP contribution < -0.4 is 10.1 Å². The summed E-state index contributed by atoms with van der Waals surface area (Å²) >= 11 is 0. The highest BCUT2D eigenvalue weighted by Crippen LogP contribution is 2.22. The molecule has 2 aromatic carbocycles. The largest absolute Gasteiger partial charge is 0.497 e. The topological polar surface area (TPSA) is 98.8 Å². The number of esters is 1. The molecular formula is C21H23NO6S. The minimum atomic E-state index is -3.09. The van der Waals surface area contributed by atoms with Crippen molar-refractivity contribution in [2.45, 2.75) is 25.5 Å². The number of carbonyl (C=O) groups excluding carboxylic acids is 2. The maximum atomic E-state index is 12.1. The summed E-state index contributed by atoms with van der Waals surface area (Å²) in [5, 5.41) is 4.63. The van der Waals surface area contributed by atoms with Crippen molar-refractivity contribution < 1.29 is 27.5 Å². The summed E-state index contributed by atoms with van der Waals surface area (Å²) in [6.07, 6.45) is 2.23. The summed E-state index contributed by atoms with van der Waals surface area (Å²) in [7, 11) is -1.48. The Bertz CT molecular complexity index is 1060.